The van der Waals surface area contributed by atoms with Gasteiger partial charge in [0.1, 0.15) is 0 Å². The van der Waals surface area contributed by atoms with Gasteiger partial charge >= 0.3 is 0 Å². The molecule has 2 atom stereocenters. The largest absolute Gasteiger partial charge is 0.419 e. The molecular weight excluding hydrogens is 226 g/mol. The second-order valence-electron chi connectivity index (χ2n) is 4.76. The summed E-state index contributed by atoms with van der Waals surface area (Å²) in [7, 11) is 0. The van der Waals surface area contributed by atoms with E-state index < -0.39 is 0 Å². The standard InChI is InChI=1S/C14H17N3O/c1-2-10-8-12(10)15-9-13-16-17-14(18-13)11-6-4-3-5-7-11/h3-7,10,12,15H,2,8-9H2,1H3. The van der Waals surface area contributed by atoms with Gasteiger partial charge in [0, 0.05) is 11.6 Å². The van der Waals surface area contributed by atoms with E-state index in [9.17, 15) is 0 Å². The van der Waals surface area contributed by atoms with Crippen LogP contribution in [0.2, 0.25) is 0 Å². The summed E-state index contributed by atoms with van der Waals surface area (Å²) in [5.41, 5.74) is 0.967. The highest BCUT2D eigenvalue weighted by Gasteiger charge is 2.34. The third kappa shape index (κ3) is 2.43. The van der Waals surface area contributed by atoms with Crippen molar-refractivity contribution >= 4 is 0 Å². The number of hydrogen-bond acceptors (Lipinski definition) is 4. The summed E-state index contributed by atoms with van der Waals surface area (Å²) >= 11 is 0. The molecule has 4 heteroatoms. The maximum atomic E-state index is 5.63. The molecule has 0 spiro atoms. The molecule has 2 unspecified atom stereocenters. The summed E-state index contributed by atoms with van der Waals surface area (Å²) in [6, 6.07) is 10.5. The second-order valence-corrected chi connectivity index (χ2v) is 4.76. The number of benzene rings is 1. The lowest BCUT2D eigenvalue weighted by Gasteiger charge is -1.98. The summed E-state index contributed by atoms with van der Waals surface area (Å²) in [6.45, 7) is 2.90. The Morgan fingerprint density at radius 3 is 2.83 bits per heavy atom. The highest BCUT2D eigenvalue weighted by atomic mass is 16.4. The fourth-order valence-electron chi connectivity index (χ4n) is 2.19. The highest BCUT2D eigenvalue weighted by molar-refractivity contribution is 5.51. The first-order valence-corrected chi connectivity index (χ1v) is 6.48. The van der Waals surface area contributed by atoms with Crippen molar-refractivity contribution in [1.82, 2.24) is 15.5 Å². The van der Waals surface area contributed by atoms with Crippen molar-refractivity contribution in [2.45, 2.75) is 32.4 Å². The monoisotopic (exact) mass is 243 g/mol. The topological polar surface area (TPSA) is 51.0 Å². The summed E-state index contributed by atoms with van der Waals surface area (Å²) in [6.07, 6.45) is 2.52. The fraction of sp³-hybridized carbons (Fsp3) is 0.429. The van der Waals surface area contributed by atoms with Crippen LogP contribution in [0.4, 0.5) is 0 Å². The van der Waals surface area contributed by atoms with E-state index in [2.05, 4.69) is 22.4 Å². The van der Waals surface area contributed by atoms with E-state index in [1.54, 1.807) is 0 Å². The Bertz CT molecular complexity index is 509. The van der Waals surface area contributed by atoms with Crippen molar-refractivity contribution in [2.24, 2.45) is 5.92 Å². The number of nitrogens with zero attached hydrogens (tertiary/aromatic N) is 2. The van der Waals surface area contributed by atoms with Gasteiger partial charge in [0.05, 0.1) is 6.54 Å². The van der Waals surface area contributed by atoms with Crippen LogP contribution < -0.4 is 5.32 Å². The molecular formula is C14H17N3O. The molecule has 1 saturated carbocycles. The predicted octanol–water partition coefficient (Wildman–Crippen LogP) is 2.62. The van der Waals surface area contributed by atoms with Crippen LogP contribution in [-0.4, -0.2) is 16.2 Å². The van der Waals surface area contributed by atoms with Crippen molar-refractivity contribution in [3.05, 3.63) is 36.2 Å². The van der Waals surface area contributed by atoms with Crippen LogP contribution in [0.1, 0.15) is 25.7 Å². The smallest absolute Gasteiger partial charge is 0.247 e. The lowest BCUT2D eigenvalue weighted by molar-refractivity contribution is 0.470. The molecule has 0 radical (unpaired) electrons. The first-order valence-electron chi connectivity index (χ1n) is 6.48. The summed E-state index contributed by atoms with van der Waals surface area (Å²) < 4.78 is 5.63. The van der Waals surface area contributed by atoms with Gasteiger partial charge in [0.2, 0.25) is 11.8 Å². The zero-order valence-electron chi connectivity index (χ0n) is 10.5. The molecule has 0 saturated heterocycles. The third-order valence-electron chi connectivity index (χ3n) is 3.45. The zero-order valence-corrected chi connectivity index (χ0v) is 10.5. The minimum Gasteiger partial charge on any atom is -0.419 e. The van der Waals surface area contributed by atoms with E-state index in [1.807, 2.05) is 30.3 Å². The van der Waals surface area contributed by atoms with Gasteiger partial charge in [-0.25, -0.2) is 0 Å². The summed E-state index contributed by atoms with van der Waals surface area (Å²) in [5.74, 6) is 2.09. The van der Waals surface area contributed by atoms with Crippen molar-refractivity contribution in [2.75, 3.05) is 0 Å². The van der Waals surface area contributed by atoms with Crippen LogP contribution in [0.15, 0.2) is 34.7 Å². The lowest BCUT2D eigenvalue weighted by atomic mass is 10.2. The van der Waals surface area contributed by atoms with E-state index in [0.29, 0.717) is 24.4 Å². The van der Waals surface area contributed by atoms with E-state index >= 15 is 0 Å². The Labute approximate surface area is 106 Å². The molecule has 1 aromatic heterocycles. The Balaban J connectivity index is 1.60. The number of hydrogen-bond donors (Lipinski definition) is 1. The molecule has 1 heterocycles. The normalized spacial score (nSPS) is 22.1. The number of aromatic nitrogens is 2. The molecule has 18 heavy (non-hydrogen) atoms. The molecule has 0 aliphatic heterocycles. The molecule has 3 rings (SSSR count). The number of nitrogens with one attached hydrogen (secondary N) is 1. The van der Waals surface area contributed by atoms with Gasteiger partial charge in [-0.2, -0.15) is 0 Å². The van der Waals surface area contributed by atoms with Crippen LogP contribution in [0.5, 0.6) is 0 Å². The predicted molar refractivity (Wildman–Crippen MR) is 68.8 cm³/mol. The minimum absolute atomic E-state index is 0.593. The van der Waals surface area contributed by atoms with E-state index in [0.717, 1.165) is 11.5 Å². The summed E-state index contributed by atoms with van der Waals surface area (Å²) in [4.78, 5) is 0. The number of rotatable bonds is 5. The quantitative estimate of drug-likeness (QED) is 0.877. The zero-order chi connectivity index (χ0) is 12.4. The van der Waals surface area contributed by atoms with Crippen LogP contribution in [0.3, 0.4) is 0 Å². The molecule has 4 nitrogen and oxygen atoms in total. The molecule has 94 valence electrons. The molecule has 1 aromatic carbocycles. The van der Waals surface area contributed by atoms with Crippen LogP contribution in [0.25, 0.3) is 11.5 Å². The Morgan fingerprint density at radius 2 is 2.11 bits per heavy atom. The van der Waals surface area contributed by atoms with Gasteiger partial charge < -0.3 is 9.73 Å². The van der Waals surface area contributed by atoms with Gasteiger partial charge in [-0.1, -0.05) is 31.5 Å². The van der Waals surface area contributed by atoms with Crippen molar-refractivity contribution in [3.63, 3.8) is 0 Å². The molecule has 2 aromatic rings. The second kappa shape index (κ2) is 4.90. The Morgan fingerprint density at radius 1 is 1.28 bits per heavy atom. The molecule has 1 fully saturated rings. The van der Waals surface area contributed by atoms with E-state index in [-0.39, 0.29) is 0 Å². The first kappa shape index (κ1) is 11.4. The first-order chi connectivity index (χ1) is 8.86. The summed E-state index contributed by atoms with van der Waals surface area (Å²) in [5, 5.41) is 11.6. The molecule has 1 aliphatic rings. The maximum Gasteiger partial charge on any atom is 0.247 e. The van der Waals surface area contributed by atoms with Crippen molar-refractivity contribution in [3.8, 4) is 11.5 Å². The molecule has 0 bridgehead atoms. The van der Waals surface area contributed by atoms with Gasteiger partial charge in [-0.15, -0.1) is 10.2 Å². The van der Waals surface area contributed by atoms with Crippen molar-refractivity contribution < 1.29 is 4.42 Å². The van der Waals surface area contributed by atoms with Crippen LogP contribution >= 0.6 is 0 Å². The van der Waals surface area contributed by atoms with E-state index in [4.69, 9.17) is 4.42 Å². The molecule has 0 amide bonds. The molecule has 1 aliphatic carbocycles. The maximum absolute atomic E-state index is 5.63. The van der Waals surface area contributed by atoms with Crippen LogP contribution in [-0.2, 0) is 6.54 Å². The average molecular weight is 243 g/mol. The molecule has 1 N–H and O–H groups in total. The SMILES string of the molecule is CCC1CC1NCc1nnc(-c2ccccc2)o1. The Hall–Kier alpha value is -1.68. The minimum atomic E-state index is 0.593. The van der Waals surface area contributed by atoms with Crippen molar-refractivity contribution in [1.29, 1.82) is 0 Å². The van der Waals surface area contributed by atoms with E-state index in [1.165, 1.54) is 12.8 Å². The average Bonchev–Trinajstić information content (AvgIpc) is 3.04. The third-order valence-corrected chi connectivity index (χ3v) is 3.45. The lowest BCUT2D eigenvalue weighted by Crippen LogP contribution is -2.17. The van der Waals surface area contributed by atoms with Gasteiger partial charge in [0.25, 0.3) is 0 Å². The fourth-order valence-corrected chi connectivity index (χ4v) is 2.19. The van der Waals surface area contributed by atoms with Crippen LogP contribution in [0, 0.1) is 5.92 Å². The highest BCUT2D eigenvalue weighted by Crippen LogP contribution is 2.33. The van der Waals surface area contributed by atoms with Gasteiger partial charge in [-0.3, -0.25) is 0 Å². The van der Waals surface area contributed by atoms with Gasteiger partial charge in [-0.05, 0) is 24.5 Å². The Kier molecular flexibility index (Phi) is 3.11. The van der Waals surface area contributed by atoms with Gasteiger partial charge in [0.15, 0.2) is 0 Å².